The van der Waals surface area contributed by atoms with E-state index >= 15 is 0 Å². The molecule has 2 heterocycles. The lowest BCUT2D eigenvalue weighted by Gasteiger charge is -2.35. The lowest BCUT2D eigenvalue weighted by atomic mass is 10.1. The molecule has 1 aromatic carbocycles. The molecule has 8 nitrogen and oxygen atoms in total. The normalized spacial score (nSPS) is 16.4. The Hall–Kier alpha value is -3.07. The van der Waals surface area contributed by atoms with Crippen LogP contribution in [0.4, 0.5) is 0 Å². The highest BCUT2D eigenvalue weighted by Gasteiger charge is 2.31. The molecule has 0 spiro atoms. The van der Waals surface area contributed by atoms with E-state index in [1.54, 1.807) is 28.8 Å². The number of aldehydes is 1. The van der Waals surface area contributed by atoms with Crippen LogP contribution in [0.15, 0.2) is 36.5 Å². The van der Waals surface area contributed by atoms with Crippen molar-refractivity contribution < 1.29 is 29.3 Å². The summed E-state index contributed by atoms with van der Waals surface area (Å²) in [6, 6.07) is 7.15. The fraction of sp³-hybridized carbons (Fsp3) is 0.263. The van der Waals surface area contributed by atoms with Gasteiger partial charge in [0, 0.05) is 24.2 Å². The number of pyridine rings is 1. The fourth-order valence-corrected chi connectivity index (χ4v) is 3.97. The zero-order valence-electron chi connectivity index (χ0n) is 14.8. The van der Waals surface area contributed by atoms with Gasteiger partial charge in [-0.3, -0.25) is 9.59 Å². The first-order valence-corrected chi connectivity index (χ1v) is 9.65. The van der Waals surface area contributed by atoms with E-state index in [1.165, 1.54) is 24.4 Å². The lowest BCUT2D eigenvalue weighted by Crippen LogP contribution is -2.49. The van der Waals surface area contributed by atoms with Gasteiger partial charge in [0.1, 0.15) is 18.1 Å². The van der Waals surface area contributed by atoms with Gasteiger partial charge in [-0.05, 0) is 24.3 Å². The number of phenols is 1. The second-order valence-electron chi connectivity index (χ2n) is 6.05. The summed E-state index contributed by atoms with van der Waals surface area (Å²) in [4.78, 5) is 40.9. The summed E-state index contributed by atoms with van der Waals surface area (Å²) < 4.78 is 5.71. The van der Waals surface area contributed by atoms with E-state index in [-0.39, 0.29) is 41.0 Å². The molecule has 3 rings (SSSR count). The van der Waals surface area contributed by atoms with Crippen molar-refractivity contribution in [2.75, 3.05) is 24.7 Å². The molecule has 1 saturated heterocycles. The highest BCUT2D eigenvalue weighted by atomic mass is 32.2. The summed E-state index contributed by atoms with van der Waals surface area (Å²) >= 11 is 1.65. The van der Waals surface area contributed by atoms with Crippen molar-refractivity contribution in [3.63, 3.8) is 0 Å². The summed E-state index contributed by atoms with van der Waals surface area (Å²) in [5, 5.41) is 19.1. The number of aromatic carboxylic acids is 1. The number of phenolic OH excluding ortho intramolecular Hbond substituents is 1. The van der Waals surface area contributed by atoms with Crippen LogP contribution in [-0.4, -0.2) is 69.0 Å². The van der Waals surface area contributed by atoms with Crippen molar-refractivity contribution in [1.82, 2.24) is 9.88 Å². The number of carboxylic acid groups (broad SMARTS) is 1. The van der Waals surface area contributed by atoms with Crippen LogP contribution in [0.2, 0.25) is 0 Å². The van der Waals surface area contributed by atoms with Crippen molar-refractivity contribution >= 4 is 29.9 Å². The number of amides is 1. The second kappa shape index (κ2) is 8.75. The highest BCUT2D eigenvalue weighted by molar-refractivity contribution is 7.99. The third-order valence-electron chi connectivity index (χ3n) is 4.32. The number of rotatable bonds is 6. The molecule has 9 heteroatoms. The number of aromatic hydroxyl groups is 1. The van der Waals surface area contributed by atoms with Crippen LogP contribution >= 0.6 is 11.8 Å². The Balaban J connectivity index is 1.80. The van der Waals surface area contributed by atoms with Crippen molar-refractivity contribution in [2.45, 2.75) is 6.04 Å². The molecule has 1 atom stereocenters. The molecular weight excluding hydrogens is 384 g/mol. The minimum absolute atomic E-state index is 0.0258. The Morgan fingerprint density at radius 2 is 2.14 bits per heavy atom. The highest BCUT2D eigenvalue weighted by Crippen LogP contribution is 2.27. The maximum atomic E-state index is 13.0. The van der Waals surface area contributed by atoms with Gasteiger partial charge in [-0.25, -0.2) is 9.78 Å². The number of hydrogen-bond acceptors (Lipinski definition) is 7. The number of nitrogens with zero attached hydrogens (tertiary/aromatic N) is 2. The maximum Gasteiger partial charge on any atom is 0.355 e. The van der Waals surface area contributed by atoms with Crippen molar-refractivity contribution in [1.29, 1.82) is 0 Å². The van der Waals surface area contributed by atoms with Crippen LogP contribution in [0.5, 0.6) is 11.5 Å². The largest absolute Gasteiger partial charge is 0.507 e. The molecular formula is C19H18N2O6S. The van der Waals surface area contributed by atoms with Crippen LogP contribution < -0.4 is 4.74 Å². The Bertz CT molecular complexity index is 904. The zero-order valence-corrected chi connectivity index (χ0v) is 15.6. The van der Waals surface area contributed by atoms with Gasteiger partial charge in [-0.1, -0.05) is 6.07 Å². The van der Waals surface area contributed by atoms with Crippen LogP contribution in [0.1, 0.15) is 31.2 Å². The van der Waals surface area contributed by atoms with Gasteiger partial charge in [0.2, 0.25) is 0 Å². The summed E-state index contributed by atoms with van der Waals surface area (Å²) in [5.74, 6) is -0.324. The average molecular weight is 402 g/mol. The van der Waals surface area contributed by atoms with E-state index in [0.29, 0.717) is 18.6 Å². The average Bonchev–Trinajstić information content (AvgIpc) is 2.72. The van der Waals surface area contributed by atoms with E-state index in [0.717, 1.165) is 5.75 Å². The van der Waals surface area contributed by atoms with Crippen LogP contribution in [-0.2, 0) is 0 Å². The van der Waals surface area contributed by atoms with E-state index in [9.17, 15) is 24.6 Å². The molecule has 2 aromatic rings. The molecule has 0 unspecified atom stereocenters. The minimum Gasteiger partial charge on any atom is -0.507 e. The topological polar surface area (TPSA) is 117 Å². The number of carboxylic acids is 1. The quantitative estimate of drug-likeness (QED) is 0.704. The van der Waals surface area contributed by atoms with E-state index in [1.807, 2.05) is 0 Å². The molecule has 1 amide bonds. The Kier molecular flexibility index (Phi) is 6.15. The smallest absolute Gasteiger partial charge is 0.355 e. The first kappa shape index (κ1) is 19.7. The number of thioether (sulfide) groups is 1. The molecule has 28 heavy (non-hydrogen) atoms. The van der Waals surface area contributed by atoms with Gasteiger partial charge in [0.05, 0.1) is 17.2 Å². The number of aromatic nitrogens is 1. The molecule has 1 aliphatic heterocycles. The predicted octanol–water partition coefficient (Wildman–Crippen LogP) is 1.93. The Labute approximate surface area is 165 Å². The van der Waals surface area contributed by atoms with Gasteiger partial charge in [0.15, 0.2) is 12.0 Å². The number of ether oxygens (including phenoxy) is 1. The molecule has 1 fully saturated rings. The van der Waals surface area contributed by atoms with Crippen molar-refractivity contribution in [3.8, 4) is 11.5 Å². The molecule has 0 aliphatic carbocycles. The number of benzene rings is 1. The fourth-order valence-electron chi connectivity index (χ4n) is 2.93. The Morgan fingerprint density at radius 3 is 2.89 bits per heavy atom. The van der Waals surface area contributed by atoms with E-state index in [2.05, 4.69) is 4.98 Å². The summed E-state index contributed by atoms with van der Waals surface area (Å²) in [7, 11) is 0. The van der Waals surface area contributed by atoms with Gasteiger partial charge < -0.3 is 19.8 Å². The first-order valence-electron chi connectivity index (χ1n) is 8.50. The lowest BCUT2D eigenvalue weighted by molar-refractivity contribution is 0.0620. The molecule has 1 aromatic heterocycles. The monoisotopic (exact) mass is 402 g/mol. The van der Waals surface area contributed by atoms with Crippen molar-refractivity contribution in [3.05, 3.63) is 53.3 Å². The van der Waals surface area contributed by atoms with E-state index < -0.39 is 11.9 Å². The van der Waals surface area contributed by atoms with Crippen molar-refractivity contribution in [2.24, 2.45) is 0 Å². The second-order valence-corrected chi connectivity index (χ2v) is 7.20. The Morgan fingerprint density at radius 1 is 1.32 bits per heavy atom. The zero-order chi connectivity index (χ0) is 20.1. The van der Waals surface area contributed by atoms with Crippen LogP contribution in [0, 0.1) is 0 Å². The molecule has 0 saturated carbocycles. The van der Waals surface area contributed by atoms with E-state index in [4.69, 9.17) is 4.74 Å². The third-order valence-corrected chi connectivity index (χ3v) is 5.41. The van der Waals surface area contributed by atoms with Gasteiger partial charge in [0.25, 0.3) is 5.91 Å². The van der Waals surface area contributed by atoms with Gasteiger partial charge >= 0.3 is 5.97 Å². The SMILES string of the molecule is O=Cc1c(O)cccc1OC[C@@H]1CSCCN1C(=O)c1cccnc1C(=O)O. The molecule has 2 N–H and O–H groups in total. The summed E-state index contributed by atoms with van der Waals surface area (Å²) in [6.45, 7) is 0.539. The van der Waals surface area contributed by atoms with Gasteiger partial charge in [-0.15, -0.1) is 0 Å². The standard InChI is InChI=1S/C19H18N2O6S/c22-9-14-15(23)4-1-5-16(14)27-10-12-11-28-8-7-21(12)18(24)13-3-2-6-20-17(13)19(25)26/h1-6,9,12,23H,7-8,10-11H2,(H,25,26)/t12-/m1/s1. The molecule has 0 bridgehead atoms. The summed E-state index contributed by atoms with van der Waals surface area (Å²) in [6.07, 6.45) is 1.84. The predicted molar refractivity (Wildman–Crippen MR) is 102 cm³/mol. The van der Waals surface area contributed by atoms with Gasteiger partial charge in [-0.2, -0.15) is 11.8 Å². The summed E-state index contributed by atoms with van der Waals surface area (Å²) in [5.41, 5.74) is -0.219. The maximum absolute atomic E-state index is 13.0. The number of carbonyl (C=O) groups is 3. The third kappa shape index (κ3) is 4.09. The van der Waals surface area contributed by atoms with Crippen LogP contribution in [0.25, 0.3) is 0 Å². The molecule has 146 valence electrons. The molecule has 0 radical (unpaired) electrons. The molecule has 1 aliphatic rings. The number of hydrogen-bond donors (Lipinski definition) is 2. The minimum atomic E-state index is -1.27. The first-order chi connectivity index (χ1) is 13.5. The number of carbonyl (C=O) groups excluding carboxylic acids is 2. The van der Waals surface area contributed by atoms with Crippen LogP contribution in [0.3, 0.4) is 0 Å².